The Balaban J connectivity index is 1.77. The van der Waals surface area contributed by atoms with Crippen LogP contribution in [0.2, 0.25) is 0 Å². The monoisotopic (exact) mass is 293 g/mol. The number of amides is 1. The maximum absolute atomic E-state index is 11.3. The molecular weight excluding hydrogens is 274 g/mol. The van der Waals surface area contributed by atoms with Gasteiger partial charge in [0, 0.05) is 44.9 Å². The minimum Gasteiger partial charge on any atom is -0.387 e. The summed E-state index contributed by atoms with van der Waals surface area (Å²) < 4.78 is 0. The SMILES string of the molecule is O=C(CO)N1CCN(CCc2ccc([N+](=O)[O-])cc2)CC1. The Morgan fingerprint density at radius 3 is 2.33 bits per heavy atom. The largest absolute Gasteiger partial charge is 0.387 e. The first kappa shape index (κ1) is 15.4. The minimum absolute atomic E-state index is 0.106. The van der Waals surface area contributed by atoms with Gasteiger partial charge in [0.25, 0.3) is 5.69 Å². The van der Waals surface area contributed by atoms with Gasteiger partial charge in [0.05, 0.1) is 4.92 Å². The van der Waals surface area contributed by atoms with Crippen molar-refractivity contribution in [2.24, 2.45) is 0 Å². The second kappa shape index (κ2) is 7.14. The van der Waals surface area contributed by atoms with Crippen LogP contribution in [0.4, 0.5) is 5.69 Å². The molecule has 1 saturated heterocycles. The Bertz CT molecular complexity index is 495. The molecule has 1 heterocycles. The smallest absolute Gasteiger partial charge is 0.269 e. The summed E-state index contributed by atoms with van der Waals surface area (Å²) >= 11 is 0. The molecule has 21 heavy (non-hydrogen) atoms. The minimum atomic E-state index is -0.428. The summed E-state index contributed by atoms with van der Waals surface area (Å²) in [7, 11) is 0. The number of rotatable bonds is 5. The Kier molecular flexibility index (Phi) is 5.24. The molecule has 1 aliphatic heterocycles. The van der Waals surface area contributed by atoms with Gasteiger partial charge in [0.1, 0.15) is 6.61 Å². The molecule has 1 amide bonds. The molecular formula is C14H19N3O4. The lowest BCUT2D eigenvalue weighted by molar-refractivity contribution is -0.384. The molecule has 1 aromatic carbocycles. The van der Waals surface area contributed by atoms with Crippen molar-refractivity contribution in [3.05, 3.63) is 39.9 Å². The van der Waals surface area contributed by atoms with Gasteiger partial charge in [-0.15, -0.1) is 0 Å². The number of aliphatic hydroxyl groups excluding tert-OH is 1. The summed E-state index contributed by atoms with van der Waals surface area (Å²) in [6.07, 6.45) is 0.825. The highest BCUT2D eigenvalue weighted by atomic mass is 16.6. The third-order valence-corrected chi connectivity index (χ3v) is 3.72. The van der Waals surface area contributed by atoms with E-state index in [9.17, 15) is 14.9 Å². The number of carbonyl (C=O) groups excluding carboxylic acids is 1. The molecule has 7 heteroatoms. The van der Waals surface area contributed by atoms with Crippen LogP contribution in [0.3, 0.4) is 0 Å². The first-order valence-electron chi connectivity index (χ1n) is 6.94. The van der Waals surface area contributed by atoms with E-state index >= 15 is 0 Å². The van der Waals surface area contributed by atoms with Crippen LogP contribution in [0.15, 0.2) is 24.3 Å². The second-order valence-electron chi connectivity index (χ2n) is 5.05. The molecule has 0 spiro atoms. The summed E-state index contributed by atoms with van der Waals surface area (Å²) in [6, 6.07) is 6.60. The van der Waals surface area contributed by atoms with E-state index in [1.165, 1.54) is 12.1 Å². The fourth-order valence-electron chi connectivity index (χ4n) is 2.39. The van der Waals surface area contributed by atoms with Gasteiger partial charge in [0.2, 0.25) is 5.91 Å². The van der Waals surface area contributed by atoms with E-state index < -0.39 is 11.5 Å². The van der Waals surface area contributed by atoms with E-state index in [-0.39, 0.29) is 11.6 Å². The zero-order chi connectivity index (χ0) is 15.2. The Labute approximate surface area is 122 Å². The van der Waals surface area contributed by atoms with Gasteiger partial charge < -0.3 is 10.0 Å². The molecule has 2 rings (SSSR count). The molecule has 1 aliphatic rings. The molecule has 0 aliphatic carbocycles. The summed E-state index contributed by atoms with van der Waals surface area (Å²) in [5, 5.41) is 19.4. The molecule has 0 saturated carbocycles. The predicted molar refractivity (Wildman–Crippen MR) is 76.9 cm³/mol. The first-order valence-corrected chi connectivity index (χ1v) is 6.94. The highest BCUT2D eigenvalue weighted by Crippen LogP contribution is 2.13. The van der Waals surface area contributed by atoms with E-state index in [0.29, 0.717) is 13.1 Å². The van der Waals surface area contributed by atoms with Crippen molar-refractivity contribution in [3.8, 4) is 0 Å². The number of nitrogens with zero attached hydrogens (tertiary/aromatic N) is 3. The molecule has 114 valence electrons. The van der Waals surface area contributed by atoms with Crippen LogP contribution in [0.5, 0.6) is 0 Å². The molecule has 1 N–H and O–H groups in total. The fraction of sp³-hybridized carbons (Fsp3) is 0.500. The number of piperazine rings is 1. The van der Waals surface area contributed by atoms with Gasteiger partial charge in [-0.05, 0) is 12.0 Å². The molecule has 0 aromatic heterocycles. The summed E-state index contributed by atoms with van der Waals surface area (Å²) in [5.41, 5.74) is 1.17. The molecule has 0 radical (unpaired) electrons. The molecule has 0 atom stereocenters. The van der Waals surface area contributed by atoms with Crippen LogP contribution in [0, 0.1) is 10.1 Å². The number of hydrogen-bond donors (Lipinski definition) is 1. The van der Waals surface area contributed by atoms with Crippen molar-refractivity contribution in [2.75, 3.05) is 39.3 Å². The van der Waals surface area contributed by atoms with Crippen LogP contribution in [-0.2, 0) is 11.2 Å². The van der Waals surface area contributed by atoms with Crippen molar-refractivity contribution >= 4 is 11.6 Å². The maximum atomic E-state index is 11.3. The number of carbonyl (C=O) groups is 1. The van der Waals surface area contributed by atoms with Crippen LogP contribution in [0.1, 0.15) is 5.56 Å². The molecule has 0 unspecified atom stereocenters. The predicted octanol–water partition coefficient (Wildman–Crippen LogP) is 0.274. The lowest BCUT2D eigenvalue weighted by Crippen LogP contribution is -2.49. The average Bonchev–Trinajstić information content (AvgIpc) is 2.53. The molecule has 1 fully saturated rings. The quantitative estimate of drug-likeness (QED) is 0.622. The maximum Gasteiger partial charge on any atom is 0.269 e. The van der Waals surface area contributed by atoms with Gasteiger partial charge in [-0.1, -0.05) is 12.1 Å². The van der Waals surface area contributed by atoms with Crippen LogP contribution < -0.4 is 0 Å². The van der Waals surface area contributed by atoms with Gasteiger partial charge in [-0.3, -0.25) is 19.8 Å². The Hall–Kier alpha value is -1.99. The van der Waals surface area contributed by atoms with Crippen molar-refractivity contribution in [2.45, 2.75) is 6.42 Å². The number of non-ortho nitro benzene ring substituents is 1. The summed E-state index contributed by atoms with van der Waals surface area (Å²) in [4.78, 5) is 25.4. The van der Waals surface area contributed by atoms with Gasteiger partial charge in [-0.25, -0.2) is 0 Å². The van der Waals surface area contributed by atoms with E-state index in [2.05, 4.69) is 4.90 Å². The lowest BCUT2D eigenvalue weighted by Gasteiger charge is -2.34. The lowest BCUT2D eigenvalue weighted by atomic mass is 10.1. The number of benzene rings is 1. The van der Waals surface area contributed by atoms with Crippen LogP contribution in [-0.4, -0.2) is 65.1 Å². The zero-order valence-electron chi connectivity index (χ0n) is 11.8. The van der Waals surface area contributed by atoms with Gasteiger partial charge in [-0.2, -0.15) is 0 Å². The van der Waals surface area contributed by atoms with Crippen LogP contribution in [0.25, 0.3) is 0 Å². The molecule has 7 nitrogen and oxygen atoms in total. The molecule has 1 aromatic rings. The normalized spacial score (nSPS) is 16.0. The fourth-order valence-corrected chi connectivity index (χ4v) is 2.39. The number of aliphatic hydroxyl groups is 1. The molecule has 0 bridgehead atoms. The van der Waals surface area contributed by atoms with Crippen LogP contribution >= 0.6 is 0 Å². The first-order chi connectivity index (χ1) is 10.1. The van der Waals surface area contributed by atoms with E-state index in [4.69, 9.17) is 5.11 Å². The number of nitro benzene ring substituents is 1. The van der Waals surface area contributed by atoms with E-state index in [1.807, 2.05) is 0 Å². The second-order valence-corrected chi connectivity index (χ2v) is 5.05. The standard InChI is InChI=1S/C14H19N3O4/c18-11-14(19)16-9-7-15(8-10-16)6-5-12-1-3-13(4-2-12)17(20)21/h1-4,18H,5-11H2. The highest BCUT2D eigenvalue weighted by molar-refractivity contribution is 5.77. The zero-order valence-corrected chi connectivity index (χ0v) is 11.8. The average molecular weight is 293 g/mol. The third kappa shape index (κ3) is 4.24. The van der Waals surface area contributed by atoms with E-state index in [1.54, 1.807) is 17.0 Å². The number of hydrogen-bond acceptors (Lipinski definition) is 5. The van der Waals surface area contributed by atoms with Crippen molar-refractivity contribution < 1.29 is 14.8 Å². The van der Waals surface area contributed by atoms with Crippen molar-refractivity contribution in [3.63, 3.8) is 0 Å². The third-order valence-electron chi connectivity index (χ3n) is 3.72. The van der Waals surface area contributed by atoms with Crippen molar-refractivity contribution in [1.29, 1.82) is 0 Å². The van der Waals surface area contributed by atoms with Crippen molar-refractivity contribution in [1.82, 2.24) is 9.80 Å². The summed E-state index contributed by atoms with van der Waals surface area (Å²) in [5.74, 6) is -0.218. The Morgan fingerprint density at radius 2 is 1.81 bits per heavy atom. The summed E-state index contributed by atoms with van der Waals surface area (Å²) in [6.45, 7) is 3.29. The highest BCUT2D eigenvalue weighted by Gasteiger charge is 2.19. The van der Waals surface area contributed by atoms with Gasteiger partial charge in [0.15, 0.2) is 0 Å². The Morgan fingerprint density at radius 1 is 1.19 bits per heavy atom. The number of nitro groups is 1. The topological polar surface area (TPSA) is 86.9 Å². The van der Waals surface area contributed by atoms with E-state index in [0.717, 1.165) is 31.6 Å². The van der Waals surface area contributed by atoms with Gasteiger partial charge >= 0.3 is 0 Å².